The van der Waals surface area contributed by atoms with E-state index in [-0.39, 0.29) is 6.04 Å². The molecule has 0 aliphatic carbocycles. The molecule has 0 bridgehead atoms. The summed E-state index contributed by atoms with van der Waals surface area (Å²) in [5.41, 5.74) is 7.24. The second-order valence-electron chi connectivity index (χ2n) is 4.17. The van der Waals surface area contributed by atoms with Gasteiger partial charge in [-0.25, -0.2) is 0 Å². The summed E-state index contributed by atoms with van der Waals surface area (Å²) in [6.45, 7) is 4.76. The van der Waals surface area contributed by atoms with E-state index in [9.17, 15) is 0 Å². The lowest BCUT2D eigenvalue weighted by atomic mass is 10.0. The smallest absolute Gasteiger partial charge is 0.161 e. The van der Waals surface area contributed by atoms with Crippen LogP contribution in [0.2, 0.25) is 0 Å². The summed E-state index contributed by atoms with van der Waals surface area (Å²) in [7, 11) is 1.65. The first-order chi connectivity index (χ1) is 8.21. The van der Waals surface area contributed by atoms with Crippen LogP contribution >= 0.6 is 0 Å². The zero-order valence-electron chi connectivity index (χ0n) is 11.0. The number of ether oxygens (including phenoxy) is 2. The summed E-state index contributed by atoms with van der Waals surface area (Å²) in [6.07, 6.45) is 3.06. The van der Waals surface area contributed by atoms with Crippen LogP contribution < -0.4 is 15.2 Å². The lowest BCUT2D eigenvalue weighted by molar-refractivity contribution is 0.310. The Kier molecular flexibility index (Phi) is 5.84. The third kappa shape index (κ3) is 4.27. The number of benzene rings is 1. The predicted molar refractivity (Wildman–Crippen MR) is 70.8 cm³/mol. The van der Waals surface area contributed by atoms with Gasteiger partial charge in [0.2, 0.25) is 0 Å². The monoisotopic (exact) mass is 237 g/mol. The van der Waals surface area contributed by atoms with Gasteiger partial charge in [0.1, 0.15) is 0 Å². The van der Waals surface area contributed by atoms with Gasteiger partial charge < -0.3 is 15.2 Å². The van der Waals surface area contributed by atoms with E-state index < -0.39 is 0 Å². The lowest BCUT2D eigenvalue weighted by Crippen LogP contribution is -2.22. The van der Waals surface area contributed by atoms with Gasteiger partial charge in [-0.15, -0.1) is 0 Å². The molecule has 0 aliphatic rings. The molecule has 3 heteroatoms. The van der Waals surface area contributed by atoms with Gasteiger partial charge in [0.25, 0.3) is 0 Å². The number of rotatable bonds is 7. The van der Waals surface area contributed by atoms with Crippen molar-refractivity contribution in [2.24, 2.45) is 5.73 Å². The van der Waals surface area contributed by atoms with Crippen molar-refractivity contribution >= 4 is 0 Å². The van der Waals surface area contributed by atoms with Crippen LogP contribution in [0, 0.1) is 0 Å². The van der Waals surface area contributed by atoms with Crippen molar-refractivity contribution < 1.29 is 9.47 Å². The number of methoxy groups -OCH3 is 1. The average molecular weight is 237 g/mol. The fraction of sp³-hybridized carbons (Fsp3) is 0.571. The molecule has 0 heterocycles. The molecule has 17 heavy (non-hydrogen) atoms. The van der Waals surface area contributed by atoms with Crippen molar-refractivity contribution in [3.63, 3.8) is 0 Å². The fourth-order valence-corrected chi connectivity index (χ4v) is 1.89. The van der Waals surface area contributed by atoms with Crippen molar-refractivity contribution in [1.29, 1.82) is 0 Å². The molecule has 0 amide bonds. The van der Waals surface area contributed by atoms with Crippen LogP contribution in [0.1, 0.15) is 32.3 Å². The van der Waals surface area contributed by atoms with E-state index in [0.717, 1.165) is 30.8 Å². The zero-order valence-corrected chi connectivity index (χ0v) is 11.0. The highest BCUT2D eigenvalue weighted by molar-refractivity contribution is 5.43. The Labute approximate surface area is 104 Å². The van der Waals surface area contributed by atoms with Crippen molar-refractivity contribution in [3.05, 3.63) is 23.8 Å². The standard InChI is InChI=1S/C14H23NO2/c1-4-6-12(15)9-11-7-8-13(16-3)14(10-11)17-5-2/h7-8,10,12H,4-6,9,15H2,1-3H3. The van der Waals surface area contributed by atoms with Gasteiger partial charge in [0, 0.05) is 6.04 Å². The molecule has 0 aliphatic heterocycles. The van der Waals surface area contributed by atoms with Crippen molar-refractivity contribution in [1.82, 2.24) is 0 Å². The molecular weight excluding hydrogens is 214 g/mol. The maximum absolute atomic E-state index is 6.04. The van der Waals surface area contributed by atoms with Gasteiger partial charge in [-0.05, 0) is 37.5 Å². The van der Waals surface area contributed by atoms with E-state index in [1.807, 2.05) is 19.1 Å². The van der Waals surface area contributed by atoms with Crippen LogP contribution in [0.25, 0.3) is 0 Å². The molecule has 0 saturated heterocycles. The van der Waals surface area contributed by atoms with E-state index in [1.165, 1.54) is 5.56 Å². The predicted octanol–water partition coefficient (Wildman–Crippen LogP) is 2.76. The maximum Gasteiger partial charge on any atom is 0.161 e. The molecule has 0 fully saturated rings. The van der Waals surface area contributed by atoms with E-state index in [1.54, 1.807) is 7.11 Å². The number of hydrogen-bond acceptors (Lipinski definition) is 3. The highest BCUT2D eigenvalue weighted by Crippen LogP contribution is 2.28. The largest absolute Gasteiger partial charge is 0.493 e. The molecule has 1 rings (SSSR count). The van der Waals surface area contributed by atoms with Gasteiger partial charge >= 0.3 is 0 Å². The molecule has 1 unspecified atom stereocenters. The van der Waals surface area contributed by atoms with Gasteiger partial charge in [-0.3, -0.25) is 0 Å². The van der Waals surface area contributed by atoms with E-state index in [2.05, 4.69) is 13.0 Å². The Morgan fingerprint density at radius 3 is 2.59 bits per heavy atom. The maximum atomic E-state index is 6.04. The van der Waals surface area contributed by atoms with E-state index in [0.29, 0.717) is 6.61 Å². The van der Waals surface area contributed by atoms with Crippen LogP contribution in [-0.4, -0.2) is 19.8 Å². The first-order valence-corrected chi connectivity index (χ1v) is 6.26. The van der Waals surface area contributed by atoms with Crippen LogP contribution in [0.5, 0.6) is 11.5 Å². The first kappa shape index (κ1) is 13.8. The summed E-state index contributed by atoms with van der Waals surface area (Å²) < 4.78 is 10.8. The Hall–Kier alpha value is -1.22. The van der Waals surface area contributed by atoms with E-state index in [4.69, 9.17) is 15.2 Å². The quantitative estimate of drug-likeness (QED) is 0.793. The second-order valence-corrected chi connectivity index (χ2v) is 4.17. The summed E-state index contributed by atoms with van der Waals surface area (Å²) in [5, 5.41) is 0. The summed E-state index contributed by atoms with van der Waals surface area (Å²) in [6, 6.07) is 6.25. The van der Waals surface area contributed by atoms with Gasteiger partial charge in [0.05, 0.1) is 13.7 Å². The van der Waals surface area contributed by atoms with Gasteiger partial charge in [-0.2, -0.15) is 0 Å². The van der Waals surface area contributed by atoms with Crippen molar-refractivity contribution in [2.75, 3.05) is 13.7 Å². The first-order valence-electron chi connectivity index (χ1n) is 6.26. The van der Waals surface area contributed by atoms with Crippen LogP contribution in [0.3, 0.4) is 0 Å². The Bertz CT molecular complexity index is 339. The Balaban J connectivity index is 2.76. The van der Waals surface area contributed by atoms with Crippen molar-refractivity contribution in [3.8, 4) is 11.5 Å². The molecule has 96 valence electrons. The SMILES string of the molecule is CCCC(N)Cc1ccc(OC)c(OCC)c1. The van der Waals surface area contributed by atoms with Crippen LogP contribution in [0.4, 0.5) is 0 Å². The minimum atomic E-state index is 0.225. The molecule has 0 spiro atoms. The van der Waals surface area contributed by atoms with Crippen molar-refractivity contribution in [2.45, 2.75) is 39.2 Å². The highest BCUT2D eigenvalue weighted by atomic mass is 16.5. The molecule has 0 radical (unpaired) electrons. The highest BCUT2D eigenvalue weighted by Gasteiger charge is 2.08. The number of hydrogen-bond donors (Lipinski definition) is 1. The summed E-state index contributed by atoms with van der Waals surface area (Å²) in [4.78, 5) is 0. The molecule has 0 aromatic heterocycles. The van der Waals surface area contributed by atoms with Gasteiger partial charge in [-0.1, -0.05) is 19.4 Å². The number of nitrogens with two attached hydrogens (primary N) is 1. The van der Waals surface area contributed by atoms with Crippen LogP contribution in [0.15, 0.2) is 18.2 Å². The molecular formula is C14H23NO2. The molecule has 2 N–H and O–H groups in total. The minimum absolute atomic E-state index is 0.225. The van der Waals surface area contributed by atoms with E-state index >= 15 is 0 Å². The second kappa shape index (κ2) is 7.17. The molecule has 0 saturated carbocycles. The van der Waals surface area contributed by atoms with Gasteiger partial charge in [0.15, 0.2) is 11.5 Å². The van der Waals surface area contributed by atoms with Crippen LogP contribution in [-0.2, 0) is 6.42 Å². The lowest BCUT2D eigenvalue weighted by Gasteiger charge is -2.13. The minimum Gasteiger partial charge on any atom is -0.493 e. The summed E-state index contributed by atoms with van der Waals surface area (Å²) >= 11 is 0. The zero-order chi connectivity index (χ0) is 12.7. The normalized spacial score (nSPS) is 12.2. The molecule has 1 aromatic rings. The summed E-state index contributed by atoms with van der Waals surface area (Å²) in [5.74, 6) is 1.58. The molecule has 1 aromatic carbocycles. The topological polar surface area (TPSA) is 44.5 Å². The third-order valence-electron chi connectivity index (χ3n) is 2.69. The average Bonchev–Trinajstić information content (AvgIpc) is 2.30. The Morgan fingerprint density at radius 1 is 1.24 bits per heavy atom. The fourth-order valence-electron chi connectivity index (χ4n) is 1.89. The molecule has 3 nitrogen and oxygen atoms in total. The third-order valence-corrected chi connectivity index (χ3v) is 2.69. The Morgan fingerprint density at radius 2 is 2.00 bits per heavy atom. The molecule has 1 atom stereocenters.